The molecule has 0 bridgehead atoms. The van der Waals surface area contributed by atoms with E-state index in [4.69, 9.17) is 14.2 Å². The third kappa shape index (κ3) is 8.12. The standard InChI is InChI=1S/C39H47N7O8S/c1-26-2-4-27(5-3-26)25-53-38-34(46(48)49)20-32(24-42-38)55(50,51)43-37(47)33-7-6-29(19-35(33)54-31-18-28-8-11-40-36(28)41-23-31)44-12-9-39(10-13-44)21-30(22-39)45-14-16-52-17-15-45/h6-8,11,18-20,23-24,26-27,30H,2-5,9-10,12-17,21-22,25H2,1H3,(H,40,41)(H,43,47). The number of hydrogen-bond donors (Lipinski definition) is 2. The number of fused-ring (bicyclic) bond motifs is 1. The highest BCUT2D eigenvalue weighted by Crippen LogP contribution is 2.51. The van der Waals surface area contributed by atoms with Gasteiger partial charge in [-0.1, -0.05) is 19.8 Å². The summed E-state index contributed by atoms with van der Waals surface area (Å²) in [5.41, 5.74) is 1.23. The van der Waals surface area contributed by atoms with Gasteiger partial charge in [0.05, 0.1) is 42.7 Å². The summed E-state index contributed by atoms with van der Waals surface area (Å²) in [6, 6.07) is 10.2. The van der Waals surface area contributed by atoms with Gasteiger partial charge in [0.25, 0.3) is 21.8 Å². The monoisotopic (exact) mass is 773 g/mol. The van der Waals surface area contributed by atoms with Crippen molar-refractivity contribution < 1.29 is 32.3 Å². The van der Waals surface area contributed by atoms with Crippen LogP contribution < -0.4 is 19.1 Å². The Labute approximate surface area is 320 Å². The second-order valence-electron chi connectivity index (χ2n) is 15.7. The van der Waals surface area contributed by atoms with E-state index < -0.39 is 31.4 Å². The Morgan fingerprint density at radius 3 is 2.55 bits per heavy atom. The number of aromatic amines is 1. The number of ether oxygens (including phenoxy) is 3. The minimum Gasteiger partial charge on any atom is -0.473 e. The van der Waals surface area contributed by atoms with Gasteiger partial charge in [0.15, 0.2) is 0 Å². The molecule has 55 heavy (non-hydrogen) atoms. The van der Waals surface area contributed by atoms with Gasteiger partial charge in [-0.05, 0) is 80.0 Å². The summed E-state index contributed by atoms with van der Waals surface area (Å²) in [5.74, 6) is 0.160. The van der Waals surface area contributed by atoms with E-state index in [0.29, 0.717) is 28.8 Å². The first-order valence-electron chi connectivity index (χ1n) is 19.2. The van der Waals surface area contributed by atoms with Gasteiger partial charge < -0.3 is 24.1 Å². The molecule has 2 saturated heterocycles. The topological polar surface area (TPSA) is 182 Å². The normalized spacial score (nSPS) is 21.9. The van der Waals surface area contributed by atoms with Gasteiger partial charge in [-0.25, -0.2) is 23.1 Å². The number of nitrogens with zero attached hydrogens (tertiary/aromatic N) is 5. The number of pyridine rings is 2. The van der Waals surface area contributed by atoms with Gasteiger partial charge in [0, 0.05) is 61.6 Å². The highest BCUT2D eigenvalue weighted by atomic mass is 32.2. The van der Waals surface area contributed by atoms with E-state index in [-0.39, 0.29) is 29.7 Å². The molecule has 2 aliphatic carbocycles. The van der Waals surface area contributed by atoms with E-state index in [1.165, 1.54) is 19.0 Å². The Kier molecular flexibility index (Phi) is 10.4. The van der Waals surface area contributed by atoms with Crippen molar-refractivity contribution in [2.75, 3.05) is 50.9 Å². The van der Waals surface area contributed by atoms with E-state index >= 15 is 0 Å². The summed E-state index contributed by atoms with van der Waals surface area (Å²) < 4.78 is 46.7. The largest absolute Gasteiger partial charge is 0.473 e. The quantitative estimate of drug-likeness (QED) is 0.133. The lowest BCUT2D eigenvalue weighted by Crippen LogP contribution is -2.57. The molecule has 1 aromatic carbocycles. The number of aromatic nitrogens is 3. The molecule has 4 fully saturated rings. The van der Waals surface area contributed by atoms with Crippen LogP contribution in [0.25, 0.3) is 11.0 Å². The number of H-pyrrole nitrogens is 1. The van der Waals surface area contributed by atoms with E-state index in [1.807, 2.05) is 6.07 Å². The van der Waals surface area contributed by atoms with E-state index in [0.717, 1.165) is 101 Å². The predicted molar refractivity (Wildman–Crippen MR) is 204 cm³/mol. The highest BCUT2D eigenvalue weighted by molar-refractivity contribution is 7.90. The number of nitro groups is 1. The number of sulfonamides is 1. The van der Waals surface area contributed by atoms with Crippen molar-refractivity contribution in [3.63, 3.8) is 0 Å². The van der Waals surface area contributed by atoms with Crippen molar-refractivity contribution in [3.8, 4) is 17.4 Å². The molecule has 1 amide bonds. The summed E-state index contributed by atoms with van der Waals surface area (Å²) in [7, 11) is -4.60. The Balaban J connectivity index is 0.991. The van der Waals surface area contributed by atoms with Crippen LogP contribution >= 0.6 is 0 Å². The second kappa shape index (κ2) is 15.4. The van der Waals surface area contributed by atoms with Crippen LogP contribution in [0.2, 0.25) is 0 Å². The molecule has 2 N–H and O–H groups in total. The molecule has 15 nitrogen and oxygen atoms in total. The fourth-order valence-electron chi connectivity index (χ4n) is 8.61. The van der Waals surface area contributed by atoms with Crippen LogP contribution in [0.1, 0.15) is 68.6 Å². The summed E-state index contributed by atoms with van der Waals surface area (Å²) in [4.78, 5) is 40.8. The number of carbonyl (C=O) groups excluding carboxylic acids is 1. The van der Waals surface area contributed by atoms with Gasteiger partial charge in [0.2, 0.25) is 0 Å². The summed E-state index contributed by atoms with van der Waals surface area (Å²) in [6.45, 7) is 7.75. The molecule has 4 aromatic rings. The molecule has 2 saturated carbocycles. The van der Waals surface area contributed by atoms with E-state index in [9.17, 15) is 23.3 Å². The predicted octanol–water partition coefficient (Wildman–Crippen LogP) is 6.06. The lowest BCUT2D eigenvalue weighted by molar-refractivity contribution is -0.386. The number of morpholine rings is 1. The van der Waals surface area contributed by atoms with Crippen molar-refractivity contribution in [1.29, 1.82) is 0 Å². The number of rotatable bonds is 11. The average molecular weight is 774 g/mol. The molecule has 2 aliphatic heterocycles. The average Bonchev–Trinajstić information content (AvgIpc) is 3.65. The molecule has 0 unspecified atom stereocenters. The first-order valence-corrected chi connectivity index (χ1v) is 20.7. The summed E-state index contributed by atoms with van der Waals surface area (Å²) in [6.07, 6.45) is 12.8. The van der Waals surface area contributed by atoms with E-state index in [1.54, 1.807) is 30.5 Å². The maximum Gasteiger partial charge on any atom is 0.332 e. The Morgan fingerprint density at radius 1 is 1.04 bits per heavy atom. The lowest BCUT2D eigenvalue weighted by atomic mass is 9.60. The van der Waals surface area contributed by atoms with Crippen LogP contribution in [0.3, 0.4) is 0 Å². The molecule has 4 aliphatic rings. The molecule has 5 heterocycles. The summed E-state index contributed by atoms with van der Waals surface area (Å²) >= 11 is 0. The van der Waals surface area contributed by atoms with Crippen molar-refractivity contribution >= 4 is 38.3 Å². The molecule has 8 rings (SSSR count). The fraction of sp³-hybridized carbons (Fsp3) is 0.513. The first kappa shape index (κ1) is 37.1. The second-order valence-corrected chi connectivity index (χ2v) is 17.4. The zero-order valence-electron chi connectivity index (χ0n) is 30.9. The third-order valence-electron chi connectivity index (χ3n) is 12.0. The zero-order chi connectivity index (χ0) is 38.2. The minimum absolute atomic E-state index is 0.0356. The van der Waals surface area contributed by atoms with Crippen molar-refractivity contribution in [2.45, 2.75) is 69.2 Å². The molecule has 292 valence electrons. The maximum atomic E-state index is 13.8. The number of amides is 1. The SMILES string of the molecule is CC1CCC(COc2ncc(S(=O)(=O)NC(=O)c3ccc(N4CCC5(CC4)CC(N4CCOCC4)C5)cc3Oc3cnc4[nH]ccc4c3)cc2[N+](=O)[O-])CC1. The minimum atomic E-state index is -4.60. The number of hydrogen-bond acceptors (Lipinski definition) is 12. The number of anilines is 1. The number of carbonyl (C=O) groups is 1. The van der Waals surface area contributed by atoms with Crippen LogP contribution in [0.4, 0.5) is 11.4 Å². The molecule has 0 radical (unpaired) electrons. The molecule has 3 aromatic heterocycles. The van der Waals surface area contributed by atoms with Gasteiger partial charge in [-0.15, -0.1) is 0 Å². The molecule has 0 atom stereocenters. The lowest BCUT2D eigenvalue weighted by Gasteiger charge is -2.56. The first-order chi connectivity index (χ1) is 26.5. The maximum absolute atomic E-state index is 13.8. The number of benzene rings is 1. The smallest absolute Gasteiger partial charge is 0.332 e. The van der Waals surface area contributed by atoms with Gasteiger partial charge in [-0.2, -0.15) is 0 Å². The molecular formula is C39H47N7O8S. The zero-order valence-corrected chi connectivity index (χ0v) is 31.8. The van der Waals surface area contributed by atoms with E-state index in [2.05, 4.69) is 36.4 Å². The summed E-state index contributed by atoms with van der Waals surface area (Å²) in [5, 5.41) is 12.8. The molecule has 16 heteroatoms. The van der Waals surface area contributed by atoms with Gasteiger partial charge in [0.1, 0.15) is 22.0 Å². The van der Waals surface area contributed by atoms with Crippen LogP contribution in [-0.2, 0) is 14.8 Å². The Hall–Kier alpha value is -4.80. The fourth-order valence-corrected chi connectivity index (χ4v) is 9.54. The Morgan fingerprint density at radius 2 is 1.80 bits per heavy atom. The van der Waals surface area contributed by atoms with Crippen LogP contribution in [0, 0.1) is 27.4 Å². The van der Waals surface area contributed by atoms with Crippen molar-refractivity contribution in [1.82, 2.24) is 24.6 Å². The van der Waals surface area contributed by atoms with Gasteiger partial charge in [-0.3, -0.25) is 19.8 Å². The number of piperidine rings is 1. The van der Waals surface area contributed by atoms with Crippen LogP contribution in [0.5, 0.6) is 17.4 Å². The Bertz CT molecular complexity index is 2150. The van der Waals surface area contributed by atoms with Crippen molar-refractivity contribution in [2.24, 2.45) is 17.3 Å². The highest BCUT2D eigenvalue weighted by Gasteiger charge is 2.48. The van der Waals surface area contributed by atoms with Crippen LogP contribution in [-0.4, -0.2) is 91.1 Å². The molecular weight excluding hydrogens is 727 g/mol. The number of nitrogens with one attached hydrogen (secondary N) is 2. The molecule has 1 spiro atoms. The van der Waals surface area contributed by atoms with Crippen molar-refractivity contribution in [3.05, 3.63) is 70.7 Å². The van der Waals surface area contributed by atoms with Gasteiger partial charge >= 0.3 is 5.69 Å². The van der Waals surface area contributed by atoms with Crippen LogP contribution in [0.15, 0.2) is 59.9 Å². The third-order valence-corrected chi connectivity index (χ3v) is 13.3.